The topological polar surface area (TPSA) is 64.3 Å². The molecule has 0 saturated carbocycles. The van der Waals surface area contributed by atoms with Gasteiger partial charge in [-0.3, -0.25) is 4.79 Å². The average Bonchev–Trinajstić information content (AvgIpc) is 2.37. The van der Waals surface area contributed by atoms with E-state index in [-0.39, 0.29) is 23.1 Å². The van der Waals surface area contributed by atoms with Crippen LogP contribution in [0.4, 0.5) is 0 Å². The quantitative estimate of drug-likeness (QED) is 0.911. The molecule has 1 amide bonds. The van der Waals surface area contributed by atoms with E-state index in [0.29, 0.717) is 18.1 Å². The number of benzene rings is 1. The van der Waals surface area contributed by atoms with Crippen LogP contribution >= 0.6 is 11.6 Å². The molecule has 0 radical (unpaired) electrons. The highest BCUT2D eigenvalue weighted by atomic mass is 35.5. The number of nitriles is 1. The van der Waals surface area contributed by atoms with Crippen molar-refractivity contribution in [2.75, 3.05) is 13.1 Å². The van der Waals surface area contributed by atoms with Gasteiger partial charge >= 0.3 is 0 Å². The highest BCUT2D eigenvalue weighted by Gasteiger charge is 2.19. The molecule has 0 spiro atoms. The number of rotatable bonds is 4. The van der Waals surface area contributed by atoms with Crippen molar-refractivity contribution in [3.63, 3.8) is 0 Å². The standard InChI is InChI=1S/C13H15ClN2O2/c1-3-16(8-9(2)7-15)13(18)11-6-10(17)4-5-12(11)14/h4-6,9,17H,3,8H2,1-2H3. The number of amides is 1. The van der Waals surface area contributed by atoms with Gasteiger partial charge in [-0.15, -0.1) is 0 Å². The lowest BCUT2D eigenvalue weighted by atomic mass is 10.1. The second kappa shape index (κ2) is 6.27. The van der Waals surface area contributed by atoms with Gasteiger partial charge in [0.05, 0.1) is 22.6 Å². The van der Waals surface area contributed by atoms with Gasteiger partial charge < -0.3 is 10.0 Å². The number of carbonyl (C=O) groups excluding carboxylic acids is 1. The third kappa shape index (κ3) is 3.38. The molecular weight excluding hydrogens is 252 g/mol. The van der Waals surface area contributed by atoms with Crippen molar-refractivity contribution in [3.05, 3.63) is 28.8 Å². The van der Waals surface area contributed by atoms with E-state index < -0.39 is 0 Å². The molecule has 1 aromatic rings. The summed E-state index contributed by atoms with van der Waals surface area (Å²) in [6.07, 6.45) is 0. The van der Waals surface area contributed by atoms with E-state index in [1.165, 1.54) is 23.1 Å². The zero-order valence-electron chi connectivity index (χ0n) is 10.4. The molecule has 96 valence electrons. The minimum atomic E-state index is -0.277. The SMILES string of the molecule is CCN(CC(C)C#N)C(=O)c1cc(O)ccc1Cl. The van der Waals surface area contributed by atoms with Crippen molar-refractivity contribution in [2.45, 2.75) is 13.8 Å². The maximum absolute atomic E-state index is 12.2. The Labute approximate surface area is 111 Å². The molecule has 1 rings (SSSR count). The Morgan fingerprint density at radius 2 is 2.28 bits per heavy atom. The largest absolute Gasteiger partial charge is 0.508 e. The summed E-state index contributed by atoms with van der Waals surface area (Å²) >= 11 is 5.94. The number of carbonyl (C=O) groups is 1. The van der Waals surface area contributed by atoms with Crippen LogP contribution in [0.25, 0.3) is 0 Å². The summed E-state index contributed by atoms with van der Waals surface area (Å²) in [6.45, 7) is 4.41. The summed E-state index contributed by atoms with van der Waals surface area (Å²) in [5.41, 5.74) is 0.253. The molecule has 18 heavy (non-hydrogen) atoms. The molecule has 4 nitrogen and oxygen atoms in total. The molecular formula is C13H15ClN2O2. The van der Waals surface area contributed by atoms with Crippen LogP contribution in [0.1, 0.15) is 24.2 Å². The third-order valence-electron chi connectivity index (χ3n) is 2.56. The molecule has 0 saturated heterocycles. The van der Waals surface area contributed by atoms with Crippen LogP contribution in [-0.2, 0) is 0 Å². The van der Waals surface area contributed by atoms with Gasteiger partial charge in [0.2, 0.25) is 0 Å². The number of hydrogen-bond acceptors (Lipinski definition) is 3. The molecule has 0 fully saturated rings. The molecule has 1 N–H and O–H groups in total. The second-order valence-electron chi connectivity index (χ2n) is 4.04. The van der Waals surface area contributed by atoms with Gasteiger partial charge in [-0.1, -0.05) is 11.6 Å². The molecule has 0 bridgehead atoms. The van der Waals surface area contributed by atoms with Crippen molar-refractivity contribution in [3.8, 4) is 11.8 Å². The maximum Gasteiger partial charge on any atom is 0.255 e. The minimum Gasteiger partial charge on any atom is -0.508 e. The monoisotopic (exact) mass is 266 g/mol. The first kappa shape index (κ1) is 14.3. The van der Waals surface area contributed by atoms with E-state index in [2.05, 4.69) is 6.07 Å². The lowest BCUT2D eigenvalue weighted by molar-refractivity contribution is 0.0752. The summed E-state index contributed by atoms with van der Waals surface area (Å²) in [7, 11) is 0. The van der Waals surface area contributed by atoms with Crippen molar-refractivity contribution in [1.82, 2.24) is 4.90 Å². The zero-order valence-corrected chi connectivity index (χ0v) is 11.1. The summed E-state index contributed by atoms with van der Waals surface area (Å²) in [5.74, 6) is -0.530. The van der Waals surface area contributed by atoms with E-state index >= 15 is 0 Å². The van der Waals surface area contributed by atoms with Gasteiger partial charge in [0.25, 0.3) is 5.91 Å². The van der Waals surface area contributed by atoms with E-state index in [0.717, 1.165) is 0 Å². The van der Waals surface area contributed by atoms with Crippen molar-refractivity contribution in [1.29, 1.82) is 5.26 Å². The summed E-state index contributed by atoms with van der Waals surface area (Å²) in [4.78, 5) is 13.8. The van der Waals surface area contributed by atoms with Gasteiger partial charge in [0.1, 0.15) is 5.75 Å². The molecule has 0 aromatic heterocycles. The van der Waals surface area contributed by atoms with Crippen LogP contribution in [0.15, 0.2) is 18.2 Å². The minimum absolute atomic E-state index is 0.00728. The predicted molar refractivity (Wildman–Crippen MR) is 69.5 cm³/mol. The lowest BCUT2D eigenvalue weighted by Gasteiger charge is -2.22. The van der Waals surface area contributed by atoms with Gasteiger partial charge in [-0.2, -0.15) is 5.26 Å². The Morgan fingerprint density at radius 3 is 2.83 bits per heavy atom. The zero-order chi connectivity index (χ0) is 13.7. The fourth-order valence-corrected chi connectivity index (χ4v) is 1.77. The van der Waals surface area contributed by atoms with Crippen molar-refractivity contribution < 1.29 is 9.90 Å². The first-order valence-electron chi connectivity index (χ1n) is 5.67. The number of nitrogens with zero attached hydrogens (tertiary/aromatic N) is 2. The van der Waals surface area contributed by atoms with Crippen molar-refractivity contribution in [2.24, 2.45) is 5.92 Å². The molecule has 0 aliphatic heterocycles. The Kier molecular flexibility index (Phi) is 4.99. The number of hydrogen-bond donors (Lipinski definition) is 1. The molecule has 5 heteroatoms. The van der Waals surface area contributed by atoms with Crippen molar-refractivity contribution >= 4 is 17.5 Å². The Morgan fingerprint density at radius 1 is 1.61 bits per heavy atom. The molecule has 1 aromatic carbocycles. The Bertz CT molecular complexity index is 482. The van der Waals surface area contributed by atoms with E-state index in [1.54, 1.807) is 6.92 Å². The molecule has 0 heterocycles. The Hall–Kier alpha value is -1.73. The summed E-state index contributed by atoms with van der Waals surface area (Å²) in [5, 5.41) is 18.5. The molecule has 0 aliphatic carbocycles. The van der Waals surface area contributed by atoms with Crippen LogP contribution < -0.4 is 0 Å². The smallest absolute Gasteiger partial charge is 0.255 e. The van der Waals surface area contributed by atoms with Gasteiger partial charge in [-0.05, 0) is 32.0 Å². The fraction of sp³-hybridized carbons (Fsp3) is 0.385. The molecule has 1 atom stereocenters. The number of aromatic hydroxyl groups is 1. The van der Waals surface area contributed by atoms with Crippen LogP contribution in [0, 0.1) is 17.2 Å². The number of phenolic OH excluding ortho intramolecular Hbond substituents is 1. The fourth-order valence-electron chi connectivity index (χ4n) is 1.57. The van der Waals surface area contributed by atoms with Crippen LogP contribution in [0.3, 0.4) is 0 Å². The number of phenols is 1. The Balaban J connectivity index is 2.97. The second-order valence-corrected chi connectivity index (χ2v) is 4.45. The van der Waals surface area contributed by atoms with Gasteiger partial charge in [-0.25, -0.2) is 0 Å². The van der Waals surface area contributed by atoms with Crippen LogP contribution in [-0.4, -0.2) is 29.0 Å². The summed E-state index contributed by atoms with van der Waals surface area (Å²) < 4.78 is 0. The molecule has 1 unspecified atom stereocenters. The normalized spacial score (nSPS) is 11.7. The highest BCUT2D eigenvalue weighted by Crippen LogP contribution is 2.22. The summed E-state index contributed by atoms with van der Waals surface area (Å²) in [6, 6.07) is 6.33. The van der Waals surface area contributed by atoms with Gasteiger partial charge in [0.15, 0.2) is 0 Å². The average molecular weight is 267 g/mol. The first-order chi connectivity index (χ1) is 8.49. The van der Waals surface area contributed by atoms with E-state index in [1.807, 2.05) is 6.92 Å². The van der Waals surface area contributed by atoms with Gasteiger partial charge in [0, 0.05) is 13.1 Å². The van der Waals surface area contributed by atoms with E-state index in [9.17, 15) is 9.90 Å². The third-order valence-corrected chi connectivity index (χ3v) is 2.89. The highest BCUT2D eigenvalue weighted by molar-refractivity contribution is 6.33. The first-order valence-corrected chi connectivity index (χ1v) is 6.04. The van der Waals surface area contributed by atoms with Crippen LogP contribution in [0.2, 0.25) is 5.02 Å². The lowest BCUT2D eigenvalue weighted by Crippen LogP contribution is -2.34. The van der Waals surface area contributed by atoms with Crippen LogP contribution in [0.5, 0.6) is 5.75 Å². The number of halogens is 1. The van der Waals surface area contributed by atoms with E-state index in [4.69, 9.17) is 16.9 Å². The maximum atomic E-state index is 12.2. The predicted octanol–water partition coefficient (Wildman–Crippen LogP) is 2.67. The molecule has 0 aliphatic rings.